The molecule has 2 N–H and O–H groups in total. The summed E-state index contributed by atoms with van der Waals surface area (Å²) in [4.78, 5) is 18.1. The number of allylic oxidation sites excluding steroid dienone is 2. The number of amides is 1. The summed E-state index contributed by atoms with van der Waals surface area (Å²) in [6, 6.07) is 17.0. The molecule has 2 aromatic rings. The van der Waals surface area contributed by atoms with Crippen molar-refractivity contribution in [1.82, 2.24) is 9.80 Å². The number of nitrogens with zero attached hydrogens (tertiary/aromatic N) is 2. The normalized spacial score (nSPS) is 24.1. The molecule has 1 saturated heterocycles. The van der Waals surface area contributed by atoms with E-state index in [0.717, 1.165) is 49.4 Å². The van der Waals surface area contributed by atoms with E-state index in [-0.39, 0.29) is 23.3 Å². The molecule has 0 bridgehead atoms. The van der Waals surface area contributed by atoms with Crippen LogP contribution < -0.4 is 10.5 Å². The Morgan fingerprint density at radius 3 is 2.62 bits per heavy atom. The van der Waals surface area contributed by atoms with Crippen molar-refractivity contribution < 1.29 is 9.53 Å². The number of nitrogens with two attached hydrogens (primary N) is 1. The first-order valence-corrected chi connectivity index (χ1v) is 12.3. The van der Waals surface area contributed by atoms with E-state index in [1.54, 1.807) is 0 Å². The third kappa shape index (κ3) is 3.55. The van der Waals surface area contributed by atoms with Crippen LogP contribution in [0.4, 0.5) is 0 Å². The minimum absolute atomic E-state index is 0.00326. The van der Waals surface area contributed by atoms with E-state index >= 15 is 0 Å². The van der Waals surface area contributed by atoms with Crippen LogP contribution >= 0.6 is 0 Å². The Morgan fingerprint density at radius 2 is 1.82 bits per heavy atom. The number of benzene rings is 2. The average Bonchev–Trinajstić information content (AvgIpc) is 3.43. The number of carbonyl (C=O) groups is 1. The number of hydrogen-bond donors (Lipinski definition) is 1. The Hall–Kier alpha value is -3.31. The van der Waals surface area contributed by atoms with Gasteiger partial charge in [-0.2, -0.15) is 0 Å². The van der Waals surface area contributed by atoms with Crippen molar-refractivity contribution in [3.05, 3.63) is 101 Å². The maximum atomic E-state index is 13.7. The van der Waals surface area contributed by atoms with Crippen LogP contribution in [-0.2, 0) is 23.3 Å². The molecule has 4 aliphatic rings. The molecule has 0 radical (unpaired) electrons. The summed E-state index contributed by atoms with van der Waals surface area (Å²) >= 11 is 0. The van der Waals surface area contributed by atoms with Crippen molar-refractivity contribution in [3.63, 3.8) is 0 Å². The Balaban J connectivity index is 1.20. The SMILES string of the molecule is NCc1ccc2c(c1)C1(CCN(C(=O)C3=CN(Cc4ccccc4)C4C=CC=CC34)CC1)CO2. The highest BCUT2D eigenvalue weighted by Gasteiger charge is 2.45. The lowest BCUT2D eigenvalue weighted by Gasteiger charge is -2.39. The van der Waals surface area contributed by atoms with Crippen LogP contribution in [0.3, 0.4) is 0 Å². The van der Waals surface area contributed by atoms with Gasteiger partial charge in [-0.1, -0.05) is 66.8 Å². The second-order valence-corrected chi connectivity index (χ2v) is 9.92. The van der Waals surface area contributed by atoms with Crippen LogP contribution in [0, 0.1) is 5.92 Å². The fourth-order valence-electron chi connectivity index (χ4n) is 5.97. The van der Waals surface area contributed by atoms with Gasteiger partial charge < -0.3 is 20.3 Å². The average molecular weight is 454 g/mol. The van der Waals surface area contributed by atoms with Crippen LogP contribution in [0.5, 0.6) is 5.75 Å². The van der Waals surface area contributed by atoms with Gasteiger partial charge in [-0.15, -0.1) is 0 Å². The van der Waals surface area contributed by atoms with Gasteiger partial charge >= 0.3 is 0 Å². The van der Waals surface area contributed by atoms with E-state index in [1.807, 2.05) is 12.1 Å². The number of carbonyl (C=O) groups excluding carboxylic acids is 1. The zero-order chi connectivity index (χ0) is 23.1. The van der Waals surface area contributed by atoms with E-state index in [9.17, 15) is 4.79 Å². The molecular weight excluding hydrogens is 422 g/mol. The van der Waals surface area contributed by atoms with Crippen LogP contribution in [0.1, 0.15) is 29.5 Å². The van der Waals surface area contributed by atoms with Crippen molar-refractivity contribution in [3.8, 4) is 5.75 Å². The number of piperidine rings is 1. The van der Waals surface area contributed by atoms with Crippen LogP contribution in [-0.4, -0.2) is 41.4 Å². The van der Waals surface area contributed by atoms with E-state index < -0.39 is 0 Å². The molecule has 6 rings (SSSR count). The summed E-state index contributed by atoms with van der Waals surface area (Å²) in [7, 11) is 0. The second kappa shape index (κ2) is 8.48. The zero-order valence-corrected chi connectivity index (χ0v) is 19.4. The van der Waals surface area contributed by atoms with Crippen molar-refractivity contribution >= 4 is 5.91 Å². The molecular formula is C29H31N3O2. The van der Waals surface area contributed by atoms with Gasteiger partial charge in [0.15, 0.2) is 0 Å². The highest BCUT2D eigenvalue weighted by molar-refractivity contribution is 5.95. The van der Waals surface area contributed by atoms with Gasteiger partial charge in [-0.3, -0.25) is 4.79 Å². The maximum absolute atomic E-state index is 13.7. The largest absolute Gasteiger partial charge is 0.492 e. The molecule has 1 aliphatic carbocycles. The Labute approximate surface area is 201 Å². The standard InChI is InChI=1S/C29H31N3O2/c30-17-22-10-11-27-25(16-22)29(20-34-27)12-14-31(15-13-29)28(33)24-19-32(18-21-6-2-1-3-7-21)26-9-5-4-8-23(24)26/h1-11,16,19,23,26H,12-15,17-18,20,30H2. The van der Waals surface area contributed by atoms with Crippen molar-refractivity contribution in [2.75, 3.05) is 19.7 Å². The van der Waals surface area contributed by atoms with Crippen LogP contribution in [0.15, 0.2) is 84.6 Å². The van der Waals surface area contributed by atoms with Crippen molar-refractivity contribution in [2.45, 2.75) is 37.4 Å². The third-order valence-electron chi connectivity index (χ3n) is 7.97. The fourth-order valence-corrected chi connectivity index (χ4v) is 5.97. The number of hydrogen-bond acceptors (Lipinski definition) is 4. The predicted molar refractivity (Wildman–Crippen MR) is 133 cm³/mol. The van der Waals surface area contributed by atoms with E-state index in [4.69, 9.17) is 10.5 Å². The lowest BCUT2D eigenvalue weighted by Crippen LogP contribution is -2.47. The monoisotopic (exact) mass is 453 g/mol. The van der Waals surface area contributed by atoms with Gasteiger partial charge in [0.2, 0.25) is 0 Å². The molecule has 2 aromatic carbocycles. The minimum Gasteiger partial charge on any atom is -0.492 e. The first-order valence-electron chi connectivity index (χ1n) is 12.3. The zero-order valence-electron chi connectivity index (χ0n) is 19.4. The molecule has 2 atom stereocenters. The van der Waals surface area contributed by atoms with Gasteiger partial charge in [0.05, 0.1) is 12.6 Å². The Morgan fingerprint density at radius 1 is 1.03 bits per heavy atom. The highest BCUT2D eigenvalue weighted by atomic mass is 16.5. The van der Waals surface area contributed by atoms with Crippen molar-refractivity contribution in [1.29, 1.82) is 0 Å². The number of fused-ring (bicyclic) bond motifs is 3. The van der Waals surface area contributed by atoms with Crippen LogP contribution in [0.2, 0.25) is 0 Å². The lowest BCUT2D eigenvalue weighted by molar-refractivity contribution is -0.129. The molecule has 3 aliphatic heterocycles. The smallest absolute Gasteiger partial charge is 0.251 e. The predicted octanol–water partition coefficient (Wildman–Crippen LogP) is 3.91. The molecule has 1 fully saturated rings. The van der Waals surface area contributed by atoms with Gasteiger partial charge in [0.1, 0.15) is 5.75 Å². The maximum Gasteiger partial charge on any atom is 0.251 e. The molecule has 34 heavy (non-hydrogen) atoms. The first kappa shape index (κ1) is 21.2. The highest BCUT2D eigenvalue weighted by Crippen LogP contribution is 2.46. The third-order valence-corrected chi connectivity index (χ3v) is 7.97. The van der Waals surface area contributed by atoms with E-state index in [0.29, 0.717) is 13.2 Å². The molecule has 5 nitrogen and oxygen atoms in total. The Bertz CT molecular complexity index is 1180. The summed E-state index contributed by atoms with van der Waals surface area (Å²) in [5.74, 6) is 1.27. The number of likely N-dealkylation sites (tertiary alicyclic amines) is 1. The summed E-state index contributed by atoms with van der Waals surface area (Å²) in [6.45, 7) is 3.54. The van der Waals surface area contributed by atoms with Gasteiger partial charge in [0, 0.05) is 54.8 Å². The minimum atomic E-state index is -0.00326. The molecule has 5 heteroatoms. The number of ether oxygens (including phenoxy) is 1. The lowest BCUT2D eigenvalue weighted by atomic mass is 9.74. The van der Waals surface area contributed by atoms with Gasteiger partial charge in [-0.05, 0) is 30.0 Å². The quantitative estimate of drug-likeness (QED) is 0.763. The second-order valence-electron chi connectivity index (χ2n) is 9.92. The topological polar surface area (TPSA) is 58.8 Å². The summed E-state index contributed by atoms with van der Waals surface area (Å²) in [5.41, 5.74) is 10.5. The summed E-state index contributed by atoms with van der Waals surface area (Å²) in [6.07, 6.45) is 12.5. The molecule has 2 unspecified atom stereocenters. The number of rotatable bonds is 4. The fraction of sp³-hybridized carbons (Fsp3) is 0.345. The van der Waals surface area contributed by atoms with Gasteiger partial charge in [0.25, 0.3) is 5.91 Å². The molecule has 3 heterocycles. The molecule has 174 valence electrons. The van der Waals surface area contributed by atoms with Crippen molar-refractivity contribution in [2.24, 2.45) is 11.7 Å². The first-order chi connectivity index (χ1) is 16.7. The molecule has 1 amide bonds. The van der Waals surface area contributed by atoms with Gasteiger partial charge in [-0.25, -0.2) is 0 Å². The van der Waals surface area contributed by atoms with Crippen LogP contribution in [0.25, 0.3) is 0 Å². The summed E-state index contributed by atoms with van der Waals surface area (Å²) in [5, 5.41) is 0. The van der Waals surface area contributed by atoms with E-state index in [1.165, 1.54) is 11.1 Å². The molecule has 1 spiro atoms. The summed E-state index contributed by atoms with van der Waals surface area (Å²) < 4.78 is 6.05. The van der Waals surface area contributed by atoms with E-state index in [2.05, 4.69) is 76.7 Å². The molecule has 0 aromatic heterocycles. The Kier molecular flexibility index (Phi) is 5.30. The molecule has 0 saturated carbocycles.